The number of nitrogens with two attached hydrogens (primary N) is 1. The van der Waals surface area contributed by atoms with Gasteiger partial charge in [0.25, 0.3) is 0 Å². The molecule has 0 aliphatic rings. The zero-order valence-corrected chi connectivity index (χ0v) is 10.5. The Labute approximate surface area is 103 Å². The lowest BCUT2D eigenvalue weighted by atomic mass is 10.2. The first-order valence-electron chi connectivity index (χ1n) is 5.09. The summed E-state index contributed by atoms with van der Waals surface area (Å²) in [7, 11) is 0. The summed E-state index contributed by atoms with van der Waals surface area (Å²) in [6.45, 7) is 2.92. The molecule has 2 heterocycles. The minimum absolute atomic E-state index is 0.242. The summed E-state index contributed by atoms with van der Waals surface area (Å²) >= 11 is 7.64. The average Bonchev–Trinajstić information content (AvgIpc) is 2.88. The van der Waals surface area contributed by atoms with Gasteiger partial charge in [-0.25, -0.2) is 0 Å². The van der Waals surface area contributed by atoms with Gasteiger partial charge in [0.05, 0.1) is 28.5 Å². The number of aromatic nitrogens is 3. The first-order valence-corrected chi connectivity index (χ1v) is 6.35. The van der Waals surface area contributed by atoms with Crippen LogP contribution in [0.25, 0.3) is 0 Å². The smallest absolute Gasteiger partial charge is 0.0848 e. The summed E-state index contributed by atoms with van der Waals surface area (Å²) in [6.07, 6.45) is 4.42. The maximum absolute atomic E-state index is 6.16. The van der Waals surface area contributed by atoms with Crippen LogP contribution in [0.4, 0.5) is 0 Å². The molecule has 0 aromatic carbocycles. The van der Waals surface area contributed by atoms with Crippen LogP contribution in [0.5, 0.6) is 0 Å². The zero-order valence-electron chi connectivity index (χ0n) is 8.93. The van der Waals surface area contributed by atoms with Gasteiger partial charge in [0.15, 0.2) is 0 Å². The summed E-state index contributed by atoms with van der Waals surface area (Å²) in [4.78, 5) is 5.02. The normalized spacial score (nSPS) is 12.9. The molecule has 2 aromatic heterocycles. The number of nitrogens with zero attached hydrogens (tertiary/aromatic N) is 3. The number of halogens is 1. The van der Waals surface area contributed by atoms with Gasteiger partial charge in [-0.05, 0) is 6.42 Å². The predicted molar refractivity (Wildman–Crippen MR) is 65.7 cm³/mol. The SMILES string of the molecule is CCCn1ncc(Cl)c1C(N)c1cncs1. The van der Waals surface area contributed by atoms with Crippen molar-refractivity contribution in [1.82, 2.24) is 14.8 Å². The van der Waals surface area contributed by atoms with Crippen LogP contribution in [0.2, 0.25) is 5.02 Å². The Balaban J connectivity index is 2.35. The Hall–Kier alpha value is -0.910. The zero-order chi connectivity index (χ0) is 11.5. The molecule has 0 aliphatic heterocycles. The largest absolute Gasteiger partial charge is 0.318 e. The van der Waals surface area contributed by atoms with Gasteiger partial charge in [-0.15, -0.1) is 11.3 Å². The Morgan fingerprint density at radius 3 is 3.00 bits per heavy atom. The fourth-order valence-electron chi connectivity index (χ4n) is 1.59. The number of hydrogen-bond acceptors (Lipinski definition) is 4. The monoisotopic (exact) mass is 256 g/mol. The highest BCUT2D eigenvalue weighted by atomic mass is 35.5. The quantitative estimate of drug-likeness (QED) is 0.914. The topological polar surface area (TPSA) is 56.7 Å². The van der Waals surface area contributed by atoms with E-state index in [4.69, 9.17) is 17.3 Å². The molecule has 0 bridgehead atoms. The standard InChI is InChI=1S/C10H13ClN4S/c1-2-3-15-10(7(11)4-14-15)9(12)8-5-13-6-16-8/h4-6,9H,2-3,12H2,1H3. The van der Waals surface area contributed by atoms with Gasteiger partial charge in [0.1, 0.15) is 0 Å². The Morgan fingerprint density at radius 1 is 1.56 bits per heavy atom. The van der Waals surface area contributed by atoms with Gasteiger partial charge in [-0.3, -0.25) is 9.67 Å². The third-order valence-corrected chi connectivity index (χ3v) is 3.47. The van der Waals surface area contributed by atoms with Crippen LogP contribution in [0.3, 0.4) is 0 Å². The number of hydrogen-bond donors (Lipinski definition) is 1. The van der Waals surface area contributed by atoms with Gasteiger partial charge in [-0.1, -0.05) is 18.5 Å². The Bertz CT molecular complexity index is 451. The molecule has 4 nitrogen and oxygen atoms in total. The van der Waals surface area contributed by atoms with Crippen molar-refractivity contribution in [1.29, 1.82) is 0 Å². The number of thiazole rings is 1. The number of rotatable bonds is 4. The van der Waals surface area contributed by atoms with E-state index in [2.05, 4.69) is 17.0 Å². The van der Waals surface area contributed by atoms with Crippen molar-refractivity contribution in [2.24, 2.45) is 5.73 Å². The second kappa shape index (κ2) is 4.95. The van der Waals surface area contributed by atoms with E-state index in [1.54, 1.807) is 17.9 Å². The molecule has 2 rings (SSSR count). The molecule has 0 fully saturated rings. The van der Waals surface area contributed by atoms with E-state index >= 15 is 0 Å². The molecule has 0 radical (unpaired) electrons. The van der Waals surface area contributed by atoms with E-state index in [0.29, 0.717) is 5.02 Å². The lowest BCUT2D eigenvalue weighted by Crippen LogP contribution is -2.17. The third-order valence-electron chi connectivity index (χ3n) is 2.32. The minimum Gasteiger partial charge on any atom is -0.318 e. The molecule has 16 heavy (non-hydrogen) atoms. The van der Waals surface area contributed by atoms with Crippen LogP contribution in [0, 0.1) is 0 Å². The summed E-state index contributed by atoms with van der Waals surface area (Å²) in [5, 5.41) is 4.85. The molecule has 86 valence electrons. The van der Waals surface area contributed by atoms with Crippen molar-refractivity contribution in [2.45, 2.75) is 25.9 Å². The molecule has 1 unspecified atom stereocenters. The summed E-state index contributed by atoms with van der Waals surface area (Å²) in [5.74, 6) is 0. The molecule has 2 aromatic rings. The van der Waals surface area contributed by atoms with E-state index < -0.39 is 0 Å². The summed E-state index contributed by atoms with van der Waals surface area (Å²) in [5.41, 5.74) is 8.80. The number of aryl methyl sites for hydroxylation is 1. The van der Waals surface area contributed by atoms with E-state index in [-0.39, 0.29) is 6.04 Å². The Kier molecular flexibility index (Phi) is 3.58. The van der Waals surface area contributed by atoms with Crippen LogP contribution in [-0.2, 0) is 6.54 Å². The predicted octanol–water partition coefficient (Wildman–Crippen LogP) is 2.45. The van der Waals surface area contributed by atoms with E-state index in [9.17, 15) is 0 Å². The van der Waals surface area contributed by atoms with Gasteiger partial charge in [0, 0.05) is 17.6 Å². The van der Waals surface area contributed by atoms with Crippen molar-refractivity contribution in [2.75, 3.05) is 0 Å². The second-order valence-electron chi connectivity index (χ2n) is 3.48. The maximum atomic E-state index is 6.16. The Morgan fingerprint density at radius 2 is 2.38 bits per heavy atom. The third kappa shape index (κ3) is 2.11. The van der Waals surface area contributed by atoms with E-state index in [1.807, 2.05) is 4.68 Å². The molecule has 1 atom stereocenters. The van der Waals surface area contributed by atoms with Crippen molar-refractivity contribution in [3.8, 4) is 0 Å². The molecule has 0 saturated carbocycles. The van der Waals surface area contributed by atoms with Crippen LogP contribution < -0.4 is 5.73 Å². The summed E-state index contributed by atoms with van der Waals surface area (Å²) < 4.78 is 1.87. The highest BCUT2D eigenvalue weighted by molar-refractivity contribution is 7.09. The molecular weight excluding hydrogens is 244 g/mol. The average molecular weight is 257 g/mol. The molecule has 0 amide bonds. The second-order valence-corrected chi connectivity index (χ2v) is 4.81. The van der Waals surface area contributed by atoms with Crippen LogP contribution in [-0.4, -0.2) is 14.8 Å². The first kappa shape index (κ1) is 11.6. The van der Waals surface area contributed by atoms with Crippen molar-refractivity contribution in [3.63, 3.8) is 0 Å². The molecule has 6 heteroatoms. The lowest BCUT2D eigenvalue weighted by Gasteiger charge is -2.12. The van der Waals surface area contributed by atoms with Crippen LogP contribution in [0.15, 0.2) is 17.9 Å². The molecule has 0 saturated heterocycles. The highest BCUT2D eigenvalue weighted by Gasteiger charge is 2.19. The van der Waals surface area contributed by atoms with Gasteiger partial charge in [0.2, 0.25) is 0 Å². The van der Waals surface area contributed by atoms with Crippen molar-refractivity contribution < 1.29 is 0 Å². The molecular formula is C10H13ClN4S. The minimum atomic E-state index is -0.242. The molecule has 2 N–H and O–H groups in total. The summed E-state index contributed by atoms with van der Waals surface area (Å²) in [6, 6.07) is -0.242. The molecule has 0 spiro atoms. The highest BCUT2D eigenvalue weighted by Crippen LogP contribution is 2.28. The molecule has 0 aliphatic carbocycles. The maximum Gasteiger partial charge on any atom is 0.0848 e. The first-order chi connectivity index (χ1) is 7.74. The van der Waals surface area contributed by atoms with Crippen molar-refractivity contribution >= 4 is 22.9 Å². The van der Waals surface area contributed by atoms with Crippen molar-refractivity contribution in [3.05, 3.63) is 33.5 Å². The fraction of sp³-hybridized carbons (Fsp3) is 0.400. The fourth-order valence-corrected chi connectivity index (χ4v) is 2.47. The van der Waals surface area contributed by atoms with Gasteiger partial charge < -0.3 is 5.73 Å². The van der Waals surface area contributed by atoms with E-state index in [0.717, 1.165) is 23.5 Å². The lowest BCUT2D eigenvalue weighted by molar-refractivity contribution is 0.561. The van der Waals surface area contributed by atoms with Crippen LogP contribution >= 0.6 is 22.9 Å². The van der Waals surface area contributed by atoms with Gasteiger partial charge >= 0.3 is 0 Å². The van der Waals surface area contributed by atoms with Crippen LogP contribution in [0.1, 0.15) is 30.0 Å². The van der Waals surface area contributed by atoms with E-state index in [1.165, 1.54) is 11.3 Å². The van der Waals surface area contributed by atoms with Gasteiger partial charge in [-0.2, -0.15) is 5.10 Å².